The van der Waals surface area contributed by atoms with E-state index in [1.807, 2.05) is 11.4 Å². The number of thiophene rings is 1. The Kier molecular flexibility index (Phi) is 4.76. The average Bonchev–Trinajstić information content (AvgIpc) is 2.63. The third-order valence-electron chi connectivity index (χ3n) is 2.19. The number of rotatable bonds is 6. The molecule has 1 heterocycles. The summed E-state index contributed by atoms with van der Waals surface area (Å²) in [6, 6.07) is 4.10. The molecular formula is C10H17NO2S2. The van der Waals surface area contributed by atoms with E-state index in [2.05, 4.69) is 17.9 Å². The fourth-order valence-electron chi connectivity index (χ4n) is 1.27. The topological polar surface area (TPSA) is 37.4 Å². The second-order valence-electron chi connectivity index (χ2n) is 3.58. The molecule has 0 unspecified atom stereocenters. The predicted octanol–water partition coefficient (Wildman–Crippen LogP) is 1.61. The van der Waals surface area contributed by atoms with Crippen molar-refractivity contribution in [1.82, 2.24) is 4.90 Å². The quantitative estimate of drug-likeness (QED) is 0.766. The Hall–Kier alpha value is -0.390. The summed E-state index contributed by atoms with van der Waals surface area (Å²) in [5.41, 5.74) is 0. The summed E-state index contributed by atoms with van der Waals surface area (Å²) in [5, 5.41) is 2.04. The van der Waals surface area contributed by atoms with Gasteiger partial charge in [-0.3, -0.25) is 4.90 Å². The highest BCUT2D eigenvalue weighted by Crippen LogP contribution is 2.11. The van der Waals surface area contributed by atoms with Crippen molar-refractivity contribution in [2.45, 2.75) is 13.5 Å². The van der Waals surface area contributed by atoms with Gasteiger partial charge in [0.25, 0.3) is 0 Å². The Balaban J connectivity index is 2.43. The molecule has 1 aromatic heterocycles. The van der Waals surface area contributed by atoms with Gasteiger partial charge in [-0.15, -0.1) is 11.3 Å². The third kappa shape index (κ3) is 5.30. The van der Waals surface area contributed by atoms with Crippen LogP contribution in [0, 0.1) is 0 Å². The number of sulfone groups is 1. The van der Waals surface area contributed by atoms with Crippen molar-refractivity contribution < 1.29 is 8.42 Å². The normalized spacial score (nSPS) is 12.2. The lowest BCUT2D eigenvalue weighted by Gasteiger charge is -2.18. The third-order valence-corrected chi connectivity index (χ3v) is 3.97. The first-order chi connectivity index (χ1) is 7.01. The van der Waals surface area contributed by atoms with E-state index in [0.717, 1.165) is 13.1 Å². The Morgan fingerprint density at radius 3 is 2.67 bits per heavy atom. The van der Waals surface area contributed by atoms with E-state index in [1.54, 1.807) is 11.3 Å². The highest BCUT2D eigenvalue weighted by atomic mass is 32.2. The molecule has 86 valence electrons. The molecule has 15 heavy (non-hydrogen) atoms. The van der Waals surface area contributed by atoms with E-state index in [9.17, 15) is 8.42 Å². The maximum atomic E-state index is 11.0. The van der Waals surface area contributed by atoms with E-state index < -0.39 is 9.84 Å². The number of hydrogen-bond acceptors (Lipinski definition) is 4. The van der Waals surface area contributed by atoms with Gasteiger partial charge >= 0.3 is 0 Å². The lowest BCUT2D eigenvalue weighted by molar-refractivity contribution is 0.299. The van der Waals surface area contributed by atoms with Crippen molar-refractivity contribution >= 4 is 21.2 Å². The summed E-state index contributed by atoms with van der Waals surface area (Å²) in [6.45, 7) is 4.40. The Morgan fingerprint density at radius 1 is 1.47 bits per heavy atom. The van der Waals surface area contributed by atoms with Crippen LogP contribution in [0.4, 0.5) is 0 Å². The van der Waals surface area contributed by atoms with Gasteiger partial charge in [-0.05, 0) is 18.0 Å². The van der Waals surface area contributed by atoms with Crippen LogP contribution in [-0.4, -0.2) is 38.4 Å². The molecule has 1 aromatic rings. The molecule has 0 saturated carbocycles. The zero-order valence-corrected chi connectivity index (χ0v) is 10.8. The van der Waals surface area contributed by atoms with E-state index in [1.165, 1.54) is 11.1 Å². The first-order valence-corrected chi connectivity index (χ1v) is 7.87. The Morgan fingerprint density at radius 2 is 2.20 bits per heavy atom. The molecular weight excluding hydrogens is 230 g/mol. The second-order valence-corrected chi connectivity index (χ2v) is 6.87. The van der Waals surface area contributed by atoms with Gasteiger partial charge in [0.15, 0.2) is 0 Å². The first kappa shape index (κ1) is 12.7. The van der Waals surface area contributed by atoms with Crippen LogP contribution in [-0.2, 0) is 16.4 Å². The standard InChI is InChI=1S/C10H17NO2S2/c1-3-11(6-8-15(2,12)13)9-10-5-4-7-14-10/h4-5,7H,3,6,8-9H2,1-2H3. The molecule has 0 saturated heterocycles. The summed E-state index contributed by atoms with van der Waals surface area (Å²) < 4.78 is 22.1. The van der Waals surface area contributed by atoms with Crippen LogP contribution in [0.2, 0.25) is 0 Å². The SMILES string of the molecule is CCN(CCS(C)(=O)=O)Cc1cccs1. The maximum Gasteiger partial charge on any atom is 0.148 e. The maximum absolute atomic E-state index is 11.0. The molecule has 0 aliphatic carbocycles. The van der Waals surface area contributed by atoms with Gasteiger partial charge in [-0.1, -0.05) is 13.0 Å². The fraction of sp³-hybridized carbons (Fsp3) is 0.600. The minimum atomic E-state index is -2.85. The van der Waals surface area contributed by atoms with Crippen molar-refractivity contribution in [1.29, 1.82) is 0 Å². The van der Waals surface area contributed by atoms with Crippen molar-refractivity contribution in [3.8, 4) is 0 Å². The molecule has 5 heteroatoms. The Bertz CT molecular complexity index is 370. The van der Waals surface area contributed by atoms with Gasteiger partial charge in [-0.2, -0.15) is 0 Å². The van der Waals surface area contributed by atoms with E-state index in [-0.39, 0.29) is 5.75 Å². The van der Waals surface area contributed by atoms with Crippen molar-refractivity contribution in [2.24, 2.45) is 0 Å². The second kappa shape index (κ2) is 5.63. The number of nitrogens with zero attached hydrogens (tertiary/aromatic N) is 1. The predicted molar refractivity (Wildman–Crippen MR) is 65.0 cm³/mol. The molecule has 1 rings (SSSR count). The molecule has 0 aromatic carbocycles. The molecule has 0 radical (unpaired) electrons. The summed E-state index contributed by atoms with van der Waals surface area (Å²) in [5.74, 6) is 0.242. The minimum Gasteiger partial charge on any atom is -0.298 e. The summed E-state index contributed by atoms with van der Waals surface area (Å²) in [7, 11) is -2.85. The first-order valence-electron chi connectivity index (χ1n) is 4.93. The Labute approximate surface area is 95.6 Å². The summed E-state index contributed by atoms with van der Waals surface area (Å²) in [6.07, 6.45) is 1.28. The molecule has 0 spiro atoms. The van der Waals surface area contributed by atoms with E-state index >= 15 is 0 Å². The molecule has 0 atom stereocenters. The average molecular weight is 247 g/mol. The van der Waals surface area contributed by atoms with Crippen LogP contribution in [0.5, 0.6) is 0 Å². The molecule has 0 N–H and O–H groups in total. The van der Waals surface area contributed by atoms with E-state index in [4.69, 9.17) is 0 Å². The van der Waals surface area contributed by atoms with Gasteiger partial charge in [0.1, 0.15) is 9.84 Å². The van der Waals surface area contributed by atoms with Crippen LogP contribution in [0.15, 0.2) is 17.5 Å². The van der Waals surface area contributed by atoms with Crippen molar-refractivity contribution in [3.63, 3.8) is 0 Å². The summed E-state index contributed by atoms with van der Waals surface area (Å²) in [4.78, 5) is 3.43. The van der Waals surface area contributed by atoms with Gasteiger partial charge in [0.05, 0.1) is 5.75 Å². The highest BCUT2D eigenvalue weighted by Gasteiger charge is 2.08. The zero-order valence-electron chi connectivity index (χ0n) is 9.14. The van der Waals surface area contributed by atoms with Crippen molar-refractivity contribution in [3.05, 3.63) is 22.4 Å². The fourth-order valence-corrected chi connectivity index (χ4v) is 2.60. The molecule has 0 aliphatic rings. The highest BCUT2D eigenvalue weighted by molar-refractivity contribution is 7.90. The minimum absolute atomic E-state index is 0.242. The van der Waals surface area contributed by atoms with Gasteiger partial charge in [-0.25, -0.2) is 8.42 Å². The van der Waals surface area contributed by atoms with E-state index in [0.29, 0.717) is 6.54 Å². The molecule has 0 bridgehead atoms. The van der Waals surface area contributed by atoms with Crippen LogP contribution in [0.25, 0.3) is 0 Å². The number of hydrogen-bond donors (Lipinski definition) is 0. The van der Waals surface area contributed by atoms with Gasteiger partial charge < -0.3 is 0 Å². The van der Waals surface area contributed by atoms with Crippen LogP contribution >= 0.6 is 11.3 Å². The van der Waals surface area contributed by atoms with Gasteiger partial charge in [0, 0.05) is 24.2 Å². The molecule has 0 aliphatic heterocycles. The lowest BCUT2D eigenvalue weighted by Crippen LogP contribution is -2.28. The van der Waals surface area contributed by atoms with Crippen LogP contribution < -0.4 is 0 Å². The zero-order chi connectivity index (χ0) is 11.3. The monoisotopic (exact) mass is 247 g/mol. The summed E-state index contributed by atoms with van der Waals surface area (Å²) >= 11 is 1.71. The smallest absolute Gasteiger partial charge is 0.148 e. The molecule has 3 nitrogen and oxygen atoms in total. The van der Waals surface area contributed by atoms with Crippen LogP contribution in [0.3, 0.4) is 0 Å². The molecule has 0 fully saturated rings. The van der Waals surface area contributed by atoms with Crippen LogP contribution in [0.1, 0.15) is 11.8 Å². The van der Waals surface area contributed by atoms with Crippen molar-refractivity contribution in [2.75, 3.05) is 25.1 Å². The molecule has 0 amide bonds. The lowest BCUT2D eigenvalue weighted by atomic mass is 10.4. The van der Waals surface area contributed by atoms with Gasteiger partial charge in [0.2, 0.25) is 0 Å². The largest absolute Gasteiger partial charge is 0.298 e.